The van der Waals surface area contributed by atoms with E-state index in [0.717, 1.165) is 31.1 Å². The van der Waals surface area contributed by atoms with Crippen molar-refractivity contribution in [1.82, 2.24) is 10.2 Å². The van der Waals surface area contributed by atoms with Crippen LogP contribution in [-0.2, 0) is 4.74 Å². The highest BCUT2D eigenvalue weighted by Gasteiger charge is 2.44. The molecule has 1 N–H and O–H groups in total. The number of ether oxygens (including phenoxy) is 1. The van der Waals surface area contributed by atoms with Crippen LogP contribution in [0.25, 0.3) is 0 Å². The summed E-state index contributed by atoms with van der Waals surface area (Å²) in [4.78, 5) is 2.69. The lowest BCUT2D eigenvalue weighted by Gasteiger charge is -2.37. The molecule has 3 aliphatic rings. The summed E-state index contributed by atoms with van der Waals surface area (Å²) < 4.78 is 5.60. The molecule has 0 aromatic heterocycles. The molecule has 3 heterocycles. The third-order valence-electron chi connectivity index (χ3n) is 4.16. The largest absolute Gasteiger partial charge is 0.381 e. The molecule has 4 atom stereocenters. The van der Waals surface area contributed by atoms with Gasteiger partial charge in [-0.05, 0) is 19.3 Å². The van der Waals surface area contributed by atoms with Crippen molar-refractivity contribution in [3.05, 3.63) is 0 Å². The van der Waals surface area contributed by atoms with Crippen LogP contribution in [0.5, 0.6) is 0 Å². The zero-order valence-corrected chi connectivity index (χ0v) is 8.91. The molecule has 0 aromatic rings. The van der Waals surface area contributed by atoms with E-state index in [1.807, 2.05) is 0 Å². The van der Waals surface area contributed by atoms with Crippen molar-refractivity contribution in [2.45, 2.75) is 25.4 Å². The maximum absolute atomic E-state index is 5.60. The van der Waals surface area contributed by atoms with Crippen LogP contribution in [0.4, 0.5) is 0 Å². The van der Waals surface area contributed by atoms with Gasteiger partial charge < -0.3 is 10.1 Å². The molecule has 3 aliphatic heterocycles. The zero-order valence-electron chi connectivity index (χ0n) is 8.91. The minimum absolute atomic E-state index is 0.673. The molecule has 3 heteroatoms. The van der Waals surface area contributed by atoms with E-state index in [4.69, 9.17) is 4.74 Å². The molecule has 0 aliphatic carbocycles. The highest BCUT2D eigenvalue weighted by Crippen LogP contribution is 2.36. The molecule has 3 rings (SSSR count). The minimum atomic E-state index is 0.673. The molecule has 0 saturated carbocycles. The van der Waals surface area contributed by atoms with E-state index >= 15 is 0 Å². The molecule has 0 bridgehead atoms. The third kappa shape index (κ3) is 1.38. The van der Waals surface area contributed by atoms with E-state index in [-0.39, 0.29) is 0 Å². The summed E-state index contributed by atoms with van der Waals surface area (Å²) in [5.41, 5.74) is 0. The van der Waals surface area contributed by atoms with E-state index in [1.165, 1.54) is 26.1 Å². The lowest BCUT2D eigenvalue weighted by Crippen LogP contribution is -2.54. The third-order valence-corrected chi connectivity index (χ3v) is 4.16. The average molecular weight is 196 g/mol. The van der Waals surface area contributed by atoms with Gasteiger partial charge in [0, 0.05) is 44.2 Å². The predicted molar refractivity (Wildman–Crippen MR) is 55.2 cm³/mol. The first-order valence-corrected chi connectivity index (χ1v) is 5.90. The van der Waals surface area contributed by atoms with E-state index in [1.54, 1.807) is 0 Å². The number of hydrogen-bond acceptors (Lipinski definition) is 3. The van der Waals surface area contributed by atoms with Crippen LogP contribution in [0.15, 0.2) is 0 Å². The molecule has 0 spiro atoms. The maximum atomic E-state index is 5.60. The van der Waals surface area contributed by atoms with Gasteiger partial charge in [0.15, 0.2) is 0 Å². The number of rotatable bonds is 0. The van der Waals surface area contributed by atoms with Gasteiger partial charge in [0.1, 0.15) is 0 Å². The van der Waals surface area contributed by atoms with Crippen LogP contribution in [-0.4, -0.2) is 49.8 Å². The molecule has 80 valence electrons. The standard InChI is InChI=1S/C11H20N2O/c1-8-5-13-6-9-2-3-14-7-10(9)11(13)4-12-8/h8-12H,2-7H2,1H3. The van der Waals surface area contributed by atoms with Crippen molar-refractivity contribution in [1.29, 1.82) is 0 Å². The van der Waals surface area contributed by atoms with Crippen molar-refractivity contribution in [3.63, 3.8) is 0 Å². The first-order valence-electron chi connectivity index (χ1n) is 5.90. The maximum Gasteiger partial charge on any atom is 0.0512 e. The van der Waals surface area contributed by atoms with E-state index in [2.05, 4.69) is 17.1 Å². The van der Waals surface area contributed by atoms with Crippen LogP contribution in [0.3, 0.4) is 0 Å². The molecule has 3 fully saturated rings. The Hall–Kier alpha value is -0.120. The fourth-order valence-corrected chi connectivity index (χ4v) is 3.39. The topological polar surface area (TPSA) is 24.5 Å². The van der Waals surface area contributed by atoms with E-state index in [0.29, 0.717) is 6.04 Å². The first kappa shape index (κ1) is 9.13. The van der Waals surface area contributed by atoms with Crippen molar-refractivity contribution in [3.8, 4) is 0 Å². The summed E-state index contributed by atoms with van der Waals surface area (Å²) >= 11 is 0. The van der Waals surface area contributed by atoms with Crippen LogP contribution >= 0.6 is 0 Å². The highest BCUT2D eigenvalue weighted by molar-refractivity contribution is 4.99. The Labute approximate surface area is 85.8 Å². The second kappa shape index (κ2) is 3.47. The van der Waals surface area contributed by atoms with Crippen molar-refractivity contribution in [2.75, 3.05) is 32.8 Å². The fraction of sp³-hybridized carbons (Fsp3) is 1.00. The fourth-order valence-electron chi connectivity index (χ4n) is 3.39. The summed E-state index contributed by atoms with van der Waals surface area (Å²) in [6.07, 6.45) is 1.28. The molecule has 3 nitrogen and oxygen atoms in total. The van der Waals surface area contributed by atoms with Gasteiger partial charge in [0.25, 0.3) is 0 Å². The Morgan fingerprint density at radius 3 is 3.21 bits per heavy atom. The van der Waals surface area contributed by atoms with Crippen LogP contribution in [0, 0.1) is 11.8 Å². The highest BCUT2D eigenvalue weighted by atomic mass is 16.5. The lowest BCUT2D eigenvalue weighted by atomic mass is 9.87. The molecule has 14 heavy (non-hydrogen) atoms. The van der Waals surface area contributed by atoms with Crippen molar-refractivity contribution >= 4 is 0 Å². The SMILES string of the molecule is CC1CN2CC3CCOCC3C2CN1. The van der Waals surface area contributed by atoms with Crippen molar-refractivity contribution in [2.24, 2.45) is 11.8 Å². The Balaban J connectivity index is 1.74. The number of nitrogens with one attached hydrogen (secondary N) is 1. The Morgan fingerprint density at radius 1 is 1.36 bits per heavy atom. The molecule has 4 unspecified atom stereocenters. The number of piperazine rings is 1. The zero-order chi connectivity index (χ0) is 9.54. The van der Waals surface area contributed by atoms with Crippen LogP contribution in [0.1, 0.15) is 13.3 Å². The second-order valence-corrected chi connectivity index (χ2v) is 5.12. The molecule has 0 amide bonds. The first-order chi connectivity index (χ1) is 6.84. The van der Waals surface area contributed by atoms with Gasteiger partial charge in [-0.3, -0.25) is 4.90 Å². The molecule has 0 radical (unpaired) electrons. The molecular weight excluding hydrogens is 176 g/mol. The minimum Gasteiger partial charge on any atom is -0.381 e. The molecule has 0 aromatic carbocycles. The summed E-state index contributed by atoms with van der Waals surface area (Å²) in [5.74, 6) is 1.73. The van der Waals surface area contributed by atoms with Gasteiger partial charge in [-0.25, -0.2) is 0 Å². The van der Waals surface area contributed by atoms with Gasteiger partial charge in [-0.1, -0.05) is 0 Å². The van der Waals surface area contributed by atoms with Gasteiger partial charge >= 0.3 is 0 Å². The summed E-state index contributed by atoms with van der Waals surface area (Å²) in [7, 11) is 0. The molecule has 3 saturated heterocycles. The van der Waals surface area contributed by atoms with E-state index < -0.39 is 0 Å². The van der Waals surface area contributed by atoms with Gasteiger partial charge in [0.2, 0.25) is 0 Å². The van der Waals surface area contributed by atoms with Gasteiger partial charge in [0.05, 0.1) is 6.61 Å². The number of hydrogen-bond donors (Lipinski definition) is 1. The van der Waals surface area contributed by atoms with Crippen molar-refractivity contribution < 1.29 is 4.74 Å². The Kier molecular flexibility index (Phi) is 2.26. The molecular formula is C11H20N2O. The Morgan fingerprint density at radius 2 is 2.29 bits per heavy atom. The Bertz CT molecular complexity index is 221. The quantitative estimate of drug-likeness (QED) is 0.603. The normalized spacial score (nSPS) is 48.6. The van der Waals surface area contributed by atoms with Gasteiger partial charge in [-0.2, -0.15) is 0 Å². The lowest BCUT2D eigenvalue weighted by molar-refractivity contribution is 0.0209. The monoisotopic (exact) mass is 196 g/mol. The smallest absolute Gasteiger partial charge is 0.0512 e. The summed E-state index contributed by atoms with van der Waals surface area (Å²) in [6, 6.07) is 1.43. The van der Waals surface area contributed by atoms with Crippen LogP contribution < -0.4 is 5.32 Å². The summed E-state index contributed by atoms with van der Waals surface area (Å²) in [5, 5.41) is 3.59. The van der Waals surface area contributed by atoms with Gasteiger partial charge in [-0.15, -0.1) is 0 Å². The van der Waals surface area contributed by atoms with Crippen LogP contribution in [0.2, 0.25) is 0 Å². The predicted octanol–water partition coefficient (Wildman–Crippen LogP) is 0.315. The number of fused-ring (bicyclic) bond motifs is 3. The number of nitrogens with zero attached hydrogens (tertiary/aromatic N) is 1. The van der Waals surface area contributed by atoms with E-state index in [9.17, 15) is 0 Å². The average Bonchev–Trinajstić information content (AvgIpc) is 2.54. The second-order valence-electron chi connectivity index (χ2n) is 5.12. The summed E-state index contributed by atoms with van der Waals surface area (Å²) in [6.45, 7) is 8.01.